The molecule has 0 aliphatic heterocycles. The molecule has 1 aromatic carbocycles. The maximum absolute atomic E-state index is 12.3. The fraction of sp³-hybridized carbons (Fsp3) is 0.286. The van der Waals surface area contributed by atoms with Crippen molar-refractivity contribution in [3.63, 3.8) is 0 Å². The second kappa shape index (κ2) is 8.20. The van der Waals surface area contributed by atoms with Crippen molar-refractivity contribution in [2.75, 3.05) is 23.7 Å². The Morgan fingerprint density at radius 3 is 2.88 bits per heavy atom. The van der Waals surface area contributed by atoms with E-state index >= 15 is 0 Å². The number of nitrogens with two attached hydrogens (primary N) is 1. The Labute approximate surface area is 144 Å². The average molecular weight is 370 g/mol. The summed E-state index contributed by atoms with van der Waals surface area (Å²) in [6.07, 6.45) is 1.20. The summed E-state index contributed by atoms with van der Waals surface area (Å²) >= 11 is 1.17. The highest BCUT2D eigenvalue weighted by atomic mass is 32.2. The molecule has 24 heavy (non-hydrogen) atoms. The van der Waals surface area contributed by atoms with E-state index in [0.29, 0.717) is 5.69 Å². The van der Waals surface area contributed by atoms with Gasteiger partial charge in [0, 0.05) is 30.9 Å². The molecule has 0 saturated heterocycles. The average Bonchev–Trinajstić information content (AvgIpc) is 3.05. The maximum Gasteiger partial charge on any atom is 0.263 e. The van der Waals surface area contributed by atoms with Gasteiger partial charge in [-0.2, -0.15) is 0 Å². The second-order valence-corrected chi connectivity index (χ2v) is 7.39. The minimum absolute atomic E-state index is 0.0256. The summed E-state index contributed by atoms with van der Waals surface area (Å²) in [5.74, 6) is -0.310. The van der Waals surface area contributed by atoms with Gasteiger partial charge in [0.15, 0.2) is 5.13 Å². The van der Waals surface area contributed by atoms with E-state index in [0.717, 1.165) is 0 Å². The number of hydrogen-bond acceptors (Lipinski definition) is 7. The fourth-order valence-electron chi connectivity index (χ4n) is 1.87. The highest BCUT2D eigenvalue weighted by molar-refractivity contribution is 7.93. The summed E-state index contributed by atoms with van der Waals surface area (Å²) in [6.45, 7) is 0.218. The predicted octanol–water partition coefficient (Wildman–Crippen LogP) is 1.25. The Hall–Kier alpha value is -2.01. The number of hydrogen-bond donors (Lipinski definition) is 3. The molecular formula is C14H18N4O4S2. The van der Waals surface area contributed by atoms with Gasteiger partial charge in [-0.25, -0.2) is 13.4 Å². The van der Waals surface area contributed by atoms with Crippen molar-refractivity contribution < 1.29 is 17.9 Å². The van der Waals surface area contributed by atoms with Gasteiger partial charge in [0.25, 0.3) is 10.0 Å². The van der Waals surface area contributed by atoms with Crippen molar-refractivity contribution in [3.05, 3.63) is 35.8 Å². The van der Waals surface area contributed by atoms with Gasteiger partial charge in [-0.15, -0.1) is 11.3 Å². The summed E-state index contributed by atoms with van der Waals surface area (Å²) in [6, 6.07) is 5.95. The lowest BCUT2D eigenvalue weighted by atomic mass is 10.2. The number of methoxy groups -OCH3 is 1. The smallest absolute Gasteiger partial charge is 0.263 e. The van der Waals surface area contributed by atoms with Crippen LogP contribution in [0.15, 0.2) is 40.7 Å². The van der Waals surface area contributed by atoms with Gasteiger partial charge in [-0.05, 0) is 18.2 Å². The van der Waals surface area contributed by atoms with Crippen LogP contribution in [0.2, 0.25) is 0 Å². The minimum Gasteiger partial charge on any atom is -0.380 e. The molecule has 2 rings (SSSR count). The molecule has 4 N–H and O–H groups in total. The third-order valence-electron chi connectivity index (χ3n) is 3.09. The molecular weight excluding hydrogens is 352 g/mol. The maximum atomic E-state index is 12.3. The summed E-state index contributed by atoms with van der Waals surface area (Å²) in [5.41, 5.74) is 5.84. The topological polar surface area (TPSA) is 123 Å². The molecule has 0 fully saturated rings. The number of nitrogens with one attached hydrogen (secondary N) is 2. The van der Waals surface area contributed by atoms with E-state index in [-0.39, 0.29) is 35.0 Å². The lowest BCUT2D eigenvalue weighted by Gasteiger charge is -2.13. The largest absolute Gasteiger partial charge is 0.380 e. The quantitative estimate of drug-likeness (QED) is 0.642. The van der Waals surface area contributed by atoms with E-state index < -0.39 is 10.0 Å². The first-order chi connectivity index (χ1) is 11.4. The molecule has 0 aliphatic carbocycles. The van der Waals surface area contributed by atoms with Gasteiger partial charge in [-0.3, -0.25) is 9.52 Å². The van der Waals surface area contributed by atoms with Gasteiger partial charge in [0.05, 0.1) is 17.4 Å². The van der Waals surface area contributed by atoms with E-state index in [4.69, 9.17) is 10.5 Å². The second-order valence-electron chi connectivity index (χ2n) is 4.82. The molecule has 0 radical (unpaired) electrons. The molecule has 1 heterocycles. The van der Waals surface area contributed by atoms with Crippen molar-refractivity contribution in [1.82, 2.24) is 4.98 Å². The highest BCUT2D eigenvalue weighted by Gasteiger charge is 2.17. The zero-order chi connectivity index (χ0) is 17.6. The number of aromatic nitrogens is 1. The van der Waals surface area contributed by atoms with Crippen LogP contribution in [0.4, 0.5) is 10.8 Å². The summed E-state index contributed by atoms with van der Waals surface area (Å²) in [5, 5.41) is 4.57. The molecule has 1 aromatic heterocycles. The Morgan fingerprint density at radius 1 is 1.46 bits per heavy atom. The van der Waals surface area contributed by atoms with Crippen molar-refractivity contribution in [1.29, 1.82) is 0 Å². The standard InChI is InChI=1S/C14H18N4O4S2/c1-22-11(9-15)8-13(19)17-10-3-2-4-12(7-10)24(20,21)18-14-16-5-6-23-14/h2-7,11H,8-9,15H2,1H3,(H,16,18)(H,17,19). The normalized spacial score (nSPS) is 12.6. The lowest BCUT2D eigenvalue weighted by molar-refractivity contribution is -0.118. The van der Waals surface area contributed by atoms with Crippen LogP contribution in [0, 0.1) is 0 Å². The first-order valence-electron chi connectivity index (χ1n) is 6.99. The number of nitrogens with zero attached hydrogens (tertiary/aromatic N) is 1. The SMILES string of the molecule is COC(CN)CC(=O)Nc1cccc(S(=O)(=O)Nc2nccs2)c1. The molecule has 10 heteroatoms. The summed E-state index contributed by atoms with van der Waals surface area (Å²) < 4.78 is 32.1. The van der Waals surface area contributed by atoms with E-state index in [1.807, 2.05) is 0 Å². The molecule has 1 atom stereocenters. The van der Waals surface area contributed by atoms with Gasteiger partial charge in [0.1, 0.15) is 0 Å². The first-order valence-corrected chi connectivity index (χ1v) is 9.36. The number of amides is 1. The Morgan fingerprint density at radius 2 is 2.25 bits per heavy atom. The van der Waals surface area contributed by atoms with Gasteiger partial charge >= 0.3 is 0 Å². The minimum atomic E-state index is -3.77. The van der Waals surface area contributed by atoms with Crippen molar-refractivity contribution in [2.24, 2.45) is 5.73 Å². The predicted molar refractivity (Wildman–Crippen MR) is 92.5 cm³/mol. The van der Waals surface area contributed by atoms with E-state index in [1.54, 1.807) is 17.5 Å². The van der Waals surface area contributed by atoms with Crippen LogP contribution in [0.3, 0.4) is 0 Å². The van der Waals surface area contributed by atoms with Crippen molar-refractivity contribution in [2.45, 2.75) is 17.4 Å². The molecule has 130 valence electrons. The monoisotopic (exact) mass is 370 g/mol. The van der Waals surface area contributed by atoms with Crippen LogP contribution >= 0.6 is 11.3 Å². The van der Waals surface area contributed by atoms with Crippen molar-refractivity contribution >= 4 is 38.1 Å². The molecule has 8 nitrogen and oxygen atoms in total. The number of anilines is 2. The Kier molecular flexibility index (Phi) is 6.26. The number of thiazole rings is 1. The van der Waals surface area contributed by atoms with Crippen LogP contribution < -0.4 is 15.8 Å². The fourth-order valence-corrected chi connectivity index (χ4v) is 3.70. The summed E-state index contributed by atoms with van der Waals surface area (Å²) in [4.78, 5) is 15.8. The number of carbonyl (C=O) groups is 1. The lowest BCUT2D eigenvalue weighted by Crippen LogP contribution is -2.28. The zero-order valence-electron chi connectivity index (χ0n) is 12.9. The molecule has 1 unspecified atom stereocenters. The Balaban J connectivity index is 2.09. The Bertz CT molecular complexity index is 774. The van der Waals surface area contributed by atoms with Gasteiger partial charge < -0.3 is 15.8 Å². The number of sulfonamides is 1. The van der Waals surface area contributed by atoms with E-state index in [2.05, 4.69) is 15.0 Å². The molecule has 2 aromatic rings. The third-order valence-corrected chi connectivity index (χ3v) is 5.25. The van der Waals surface area contributed by atoms with Crippen LogP contribution in [0.25, 0.3) is 0 Å². The molecule has 0 aliphatic rings. The number of benzene rings is 1. The van der Waals surface area contributed by atoms with Gasteiger partial charge in [0.2, 0.25) is 5.91 Å². The number of rotatable bonds is 8. The van der Waals surface area contributed by atoms with E-state index in [9.17, 15) is 13.2 Å². The van der Waals surface area contributed by atoms with Crippen molar-refractivity contribution in [3.8, 4) is 0 Å². The third kappa shape index (κ3) is 4.99. The molecule has 0 bridgehead atoms. The highest BCUT2D eigenvalue weighted by Crippen LogP contribution is 2.20. The van der Waals surface area contributed by atoms with Crippen LogP contribution in [0.1, 0.15) is 6.42 Å². The van der Waals surface area contributed by atoms with Crippen LogP contribution in [-0.2, 0) is 19.6 Å². The number of carbonyl (C=O) groups excluding carboxylic acids is 1. The van der Waals surface area contributed by atoms with Gasteiger partial charge in [-0.1, -0.05) is 6.07 Å². The van der Waals surface area contributed by atoms with E-state index in [1.165, 1.54) is 36.8 Å². The number of ether oxygens (including phenoxy) is 1. The molecule has 0 saturated carbocycles. The first kappa shape index (κ1) is 18.3. The van der Waals surface area contributed by atoms with Crippen LogP contribution in [-0.4, -0.2) is 39.1 Å². The zero-order valence-corrected chi connectivity index (χ0v) is 14.6. The molecule has 1 amide bonds. The van der Waals surface area contributed by atoms with Crippen LogP contribution in [0.5, 0.6) is 0 Å². The summed E-state index contributed by atoms with van der Waals surface area (Å²) in [7, 11) is -2.30. The molecule has 0 spiro atoms.